The monoisotopic (exact) mass is 446 g/mol. The Labute approximate surface area is 195 Å². The predicted octanol–water partition coefficient (Wildman–Crippen LogP) is 3.30. The highest BCUT2D eigenvalue weighted by Gasteiger charge is 2.32. The summed E-state index contributed by atoms with van der Waals surface area (Å²) in [6, 6.07) is 5.56. The molecule has 1 fully saturated rings. The maximum absolute atomic E-state index is 13.2. The van der Waals surface area contributed by atoms with Gasteiger partial charge in [-0.3, -0.25) is 9.78 Å². The van der Waals surface area contributed by atoms with E-state index in [1.54, 1.807) is 30.1 Å². The van der Waals surface area contributed by atoms with E-state index in [1.165, 1.54) is 6.42 Å². The molecule has 4 rings (SSSR count). The van der Waals surface area contributed by atoms with Gasteiger partial charge in [0.15, 0.2) is 0 Å². The summed E-state index contributed by atoms with van der Waals surface area (Å²) < 4.78 is 1.65. The van der Waals surface area contributed by atoms with Crippen molar-refractivity contribution in [1.29, 1.82) is 0 Å². The molecule has 0 spiro atoms. The van der Waals surface area contributed by atoms with Gasteiger partial charge in [0.05, 0.1) is 16.7 Å². The lowest BCUT2D eigenvalue weighted by Gasteiger charge is -2.23. The van der Waals surface area contributed by atoms with Crippen LogP contribution in [-0.4, -0.2) is 40.8 Å². The molecule has 0 saturated heterocycles. The van der Waals surface area contributed by atoms with Crippen LogP contribution in [0.4, 0.5) is 5.82 Å². The minimum absolute atomic E-state index is 0.102. The molecule has 3 aromatic rings. The van der Waals surface area contributed by atoms with Gasteiger partial charge in [-0.25, -0.2) is 4.98 Å². The fourth-order valence-corrected chi connectivity index (χ4v) is 4.16. The van der Waals surface area contributed by atoms with E-state index in [0.29, 0.717) is 23.6 Å². The number of fused-ring (bicyclic) bond motifs is 1. The fraction of sp³-hybridized carbons (Fsp3) is 0.440. The Balaban J connectivity index is 0.00000149. The van der Waals surface area contributed by atoms with Crippen LogP contribution in [0.25, 0.3) is 22.0 Å². The smallest absolute Gasteiger partial charge is 0.258 e. The summed E-state index contributed by atoms with van der Waals surface area (Å²) >= 11 is 0. The van der Waals surface area contributed by atoms with E-state index in [0.717, 1.165) is 46.7 Å². The Hall–Kier alpha value is -3.00. The molecular weight excluding hydrogens is 415 g/mol. The molecule has 1 saturated carbocycles. The van der Waals surface area contributed by atoms with Gasteiger partial charge in [-0.15, -0.1) is 0 Å². The highest BCUT2D eigenvalue weighted by molar-refractivity contribution is 6.14. The summed E-state index contributed by atoms with van der Waals surface area (Å²) in [5, 5.41) is 14.7. The van der Waals surface area contributed by atoms with Crippen LogP contribution in [0.5, 0.6) is 0 Å². The molecule has 3 unspecified atom stereocenters. The average molecular weight is 446 g/mol. The van der Waals surface area contributed by atoms with E-state index in [9.17, 15) is 9.90 Å². The molecule has 3 atom stereocenters. The third-order valence-corrected chi connectivity index (χ3v) is 6.41. The van der Waals surface area contributed by atoms with E-state index in [4.69, 9.17) is 12.6 Å². The fourth-order valence-electron chi connectivity index (χ4n) is 4.16. The molecular formula is C25H31BN4O3. The summed E-state index contributed by atoms with van der Waals surface area (Å²) in [6.45, 7) is 9.02. The summed E-state index contributed by atoms with van der Waals surface area (Å²) in [5.41, 5.74) is 1.78. The lowest BCUT2D eigenvalue weighted by atomic mass is 9.74. The van der Waals surface area contributed by atoms with Gasteiger partial charge in [0.2, 0.25) is 0 Å². The van der Waals surface area contributed by atoms with Crippen molar-refractivity contribution in [3.63, 3.8) is 0 Å². The van der Waals surface area contributed by atoms with Crippen molar-refractivity contribution >= 4 is 31.4 Å². The quantitative estimate of drug-likeness (QED) is 0.541. The number of hydrogen-bond donors (Lipinski definition) is 2. The summed E-state index contributed by atoms with van der Waals surface area (Å²) in [7, 11) is 7.79. The molecule has 0 amide bonds. The Morgan fingerprint density at radius 2 is 1.94 bits per heavy atom. The Kier molecular flexibility index (Phi) is 7.37. The van der Waals surface area contributed by atoms with Gasteiger partial charge in [-0.05, 0) is 49.3 Å². The first-order valence-electron chi connectivity index (χ1n) is 11.2. The van der Waals surface area contributed by atoms with Gasteiger partial charge in [0.25, 0.3) is 5.56 Å². The Bertz CT molecular complexity index is 1210. The number of pyridine rings is 3. The zero-order valence-electron chi connectivity index (χ0n) is 19.8. The van der Waals surface area contributed by atoms with Gasteiger partial charge in [0, 0.05) is 48.6 Å². The van der Waals surface area contributed by atoms with Crippen LogP contribution in [0.3, 0.4) is 0 Å². The number of nitrogens with zero attached hydrogens (tertiary/aromatic N) is 3. The first kappa shape index (κ1) is 24.6. The number of hydrogen-bond acceptors (Lipinski definition) is 6. The molecule has 7 nitrogen and oxygen atoms in total. The second-order valence-electron chi connectivity index (χ2n) is 8.96. The lowest BCUT2D eigenvalue weighted by Crippen LogP contribution is -2.27. The van der Waals surface area contributed by atoms with Gasteiger partial charge in [-0.1, -0.05) is 20.3 Å². The second-order valence-corrected chi connectivity index (χ2v) is 8.96. The summed E-state index contributed by atoms with van der Waals surface area (Å²) in [5.74, 6) is 2.28. The van der Waals surface area contributed by atoms with Crippen LogP contribution in [0.2, 0.25) is 0 Å². The number of anilines is 1. The van der Waals surface area contributed by atoms with Crippen molar-refractivity contribution in [2.45, 2.75) is 45.5 Å². The molecule has 0 bridgehead atoms. The highest BCUT2D eigenvalue weighted by atomic mass is 16.3. The first-order valence-corrected chi connectivity index (χ1v) is 11.2. The predicted molar refractivity (Wildman–Crippen MR) is 132 cm³/mol. The van der Waals surface area contributed by atoms with Gasteiger partial charge in [-0.2, -0.15) is 0 Å². The van der Waals surface area contributed by atoms with Crippen LogP contribution in [0, 0.1) is 18.8 Å². The van der Waals surface area contributed by atoms with Crippen molar-refractivity contribution in [1.82, 2.24) is 14.5 Å². The molecule has 1 aliphatic rings. The highest BCUT2D eigenvalue weighted by Crippen LogP contribution is 2.37. The maximum atomic E-state index is 13.2. The van der Waals surface area contributed by atoms with E-state index in [2.05, 4.69) is 22.2 Å². The Morgan fingerprint density at radius 1 is 1.24 bits per heavy atom. The minimum Gasteiger partial charge on any atom is -0.394 e. The minimum atomic E-state index is -1.47. The van der Waals surface area contributed by atoms with Crippen LogP contribution in [0.15, 0.2) is 35.4 Å². The Morgan fingerprint density at radius 3 is 2.55 bits per heavy atom. The summed E-state index contributed by atoms with van der Waals surface area (Å²) in [4.78, 5) is 30.1. The van der Waals surface area contributed by atoms with Crippen LogP contribution in [0.1, 0.15) is 44.4 Å². The van der Waals surface area contributed by atoms with Crippen molar-refractivity contribution in [3.05, 3.63) is 52.2 Å². The first-order chi connectivity index (χ1) is 15.7. The zero-order valence-corrected chi connectivity index (χ0v) is 19.8. The van der Waals surface area contributed by atoms with Crippen molar-refractivity contribution < 1.29 is 9.90 Å². The SMILES string of the molecule is C=O.[B]C(O)(CCC)c1cc(C)c(-c2cc3cnc(NCC4CC4C)cc3n(C)c2=O)cn1. The van der Waals surface area contributed by atoms with E-state index in [-0.39, 0.29) is 5.56 Å². The van der Waals surface area contributed by atoms with Gasteiger partial charge < -0.3 is 19.8 Å². The normalized spacial score (nSPS) is 18.8. The molecule has 0 aromatic carbocycles. The zero-order chi connectivity index (χ0) is 24.3. The van der Waals surface area contributed by atoms with E-state index < -0.39 is 5.50 Å². The average Bonchev–Trinajstić information content (AvgIpc) is 3.51. The molecule has 1 aliphatic carbocycles. The number of nitrogens with one attached hydrogen (secondary N) is 1. The van der Waals surface area contributed by atoms with Gasteiger partial charge in [0.1, 0.15) is 20.5 Å². The largest absolute Gasteiger partial charge is 0.394 e. The molecule has 172 valence electrons. The molecule has 2 N–H and O–H groups in total. The molecule has 3 aromatic heterocycles. The van der Waals surface area contributed by atoms with Crippen molar-refractivity contribution in [3.8, 4) is 11.1 Å². The van der Waals surface area contributed by atoms with E-state index in [1.807, 2.05) is 32.8 Å². The van der Waals surface area contributed by atoms with Crippen molar-refractivity contribution in [2.75, 3.05) is 11.9 Å². The molecule has 2 radical (unpaired) electrons. The third-order valence-electron chi connectivity index (χ3n) is 6.41. The van der Waals surface area contributed by atoms with E-state index >= 15 is 0 Å². The van der Waals surface area contributed by atoms with Crippen LogP contribution in [-0.2, 0) is 17.3 Å². The number of aliphatic hydroxyl groups is 1. The number of carbonyl (C=O) groups excluding carboxylic acids is 1. The number of carbonyl (C=O) groups is 1. The number of aromatic nitrogens is 3. The van der Waals surface area contributed by atoms with Gasteiger partial charge >= 0.3 is 0 Å². The van der Waals surface area contributed by atoms with Crippen molar-refractivity contribution in [2.24, 2.45) is 18.9 Å². The second kappa shape index (κ2) is 9.87. The topological polar surface area (TPSA) is 97.1 Å². The molecule has 3 heterocycles. The molecule has 33 heavy (non-hydrogen) atoms. The number of rotatable bonds is 7. The van der Waals surface area contributed by atoms with Crippen LogP contribution < -0.4 is 10.9 Å². The maximum Gasteiger partial charge on any atom is 0.258 e. The van der Waals surface area contributed by atoms with Crippen LogP contribution >= 0.6 is 0 Å². The lowest BCUT2D eigenvalue weighted by molar-refractivity contribution is -0.0980. The molecule has 0 aliphatic heterocycles. The number of aryl methyl sites for hydroxylation is 2. The molecule has 8 heteroatoms. The summed E-state index contributed by atoms with van der Waals surface area (Å²) in [6.07, 6.45) is 5.84. The standard InChI is InChI=1S/C24H29BN4O2.CH2O/c1-5-6-24(25,31)21-8-15(3)19(13-26-21)18-9-17-12-28-22(27-11-16-7-14(16)2)10-20(17)29(4)23(18)30;1-2/h8-10,12-14,16,31H,5-7,11H2,1-4H3,(H,27,28);1H2. The third kappa shape index (κ3) is 5.16.